The Morgan fingerprint density at radius 1 is 1.15 bits per heavy atom. The number of fused-ring (bicyclic) bond motifs is 1. The minimum absolute atomic E-state index is 0.188. The molecular formula is C24H22N8OS. The smallest absolute Gasteiger partial charge is 0.253 e. The van der Waals surface area contributed by atoms with Crippen molar-refractivity contribution in [1.82, 2.24) is 39.9 Å². The number of carbonyl (C=O) groups excluding carboxylic acids is 1. The third kappa shape index (κ3) is 3.75. The van der Waals surface area contributed by atoms with Crippen molar-refractivity contribution in [2.75, 3.05) is 0 Å². The lowest BCUT2D eigenvalue weighted by Crippen LogP contribution is -2.23. The molecule has 0 bridgehead atoms. The molecule has 10 heteroatoms. The molecule has 1 saturated carbocycles. The van der Waals surface area contributed by atoms with Crippen LogP contribution in [0.5, 0.6) is 0 Å². The number of pyridine rings is 2. The Hall–Kier alpha value is -3.92. The second-order valence-corrected chi connectivity index (χ2v) is 9.86. The van der Waals surface area contributed by atoms with Crippen molar-refractivity contribution in [2.45, 2.75) is 39.2 Å². The van der Waals surface area contributed by atoms with Crippen LogP contribution in [-0.2, 0) is 6.54 Å². The van der Waals surface area contributed by atoms with E-state index in [0.29, 0.717) is 29.4 Å². The number of thiophene rings is 1. The molecule has 6 rings (SSSR count). The molecule has 5 heterocycles. The van der Waals surface area contributed by atoms with Gasteiger partial charge in [0.2, 0.25) is 0 Å². The maximum Gasteiger partial charge on any atom is 0.253 e. The normalized spacial score (nSPS) is 13.5. The zero-order chi connectivity index (χ0) is 23.2. The summed E-state index contributed by atoms with van der Waals surface area (Å²) < 4.78 is 3.69. The van der Waals surface area contributed by atoms with Crippen molar-refractivity contribution >= 4 is 22.9 Å². The Balaban J connectivity index is 1.43. The van der Waals surface area contributed by atoms with Crippen LogP contribution in [0, 0.1) is 13.8 Å². The molecule has 0 radical (unpaired) electrons. The summed E-state index contributed by atoms with van der Waals surface area (Å²) in [6.07, 6.45) is 7.58. The van der Waals surface area contributed by atoms with Crippen LogP contribution >= 0.6 is 11.3 Å². The molecule has 1 fully saturated rings. The van der Waals surface area contributed by atoms with E-state index in [1.54, 1.807) is 22.2 Å². The van der Waals surface area contributed by atoms with Crippen molar-refractivity contribution in [3.63, 3.8) is 0 Å². The third-order valence-corrected chi connectivity index (χ3v) is 6.95. The van der Waals surface area contributed by atoms with Gasteiger partial charge in [0.1, 0.15) is 5.69 Å². The number of tetrazole rings is 1. The largest absolute Gasteiger partial charge is 0.348 e. The van der Waals surface area contributed by atoms with Crippen LogP contribution in [0.2, 0.25) is 0 Å². The predicted molar refractivity (Wildman–Crippen MR) is 128 cm³/mol. The van der Waals surface area contributed by atoms with Crippen LogP contribution < -0.4 is 5.32 Å². The van der Waals surface area contributed by atoms with E-state index in [0.717, 1.165) is 40.5 Å². The minimum atomic E-state index is -0.188. The summed E-state index contributed by atoms with van der Waals surface area (Å²) in [6, 6.07) is 9.87. The first-order valence-corrected chi connectivity index (χ1v) is 11.9. The third-order valence-electron chi connectivity index (χ3n) is 5.93. The topological polar surface area (TPSA) is 103 Å². The summed E-state index contributed by atoms with van der Waals surface area (Å²) in [5.41, 5.74) is 4.70. The van der Waals surface area contributed by atoms with Crippen molar-refractivity contribution in [3.8, 4) is 16.3 Å². The van der Waals surface area contributed by atoms with Gasteiger partial charge in [-0.05, 0) is 66.9 Å². The van der Waals surface area contributed by atoms with E-state index in [9.17, 15) is 4.79 Å². The van der Waals surface area contributed by atoms with Gasteiger partial charge >= 0.3 is 0 Å². The number of nitrogens with one attached hydrogen (secondary N) is 1. The Labute approximate surface area is 199 Å². The first-order chi connectivity index (χ1) is 16.6. The molecule has 1 aliphatic carbocycles. The molecule has 34 heavy (non-hydrogen) atoms. The lowest BCUT2D eigenvalue weighted by molar-refractivity contribution is 0.0950. The van der Waals surface area contributed by atoms with Gasteiger partial charge in [0.15, 0.2) is 11.5 Å². The molecule has 0 unspecified atom stereocenters. The van der Waals surface area contributed by atoms with Gasteiger partial charge in [-0.25, -0.2) is 4.98 Å². The number of hydrogen-bond acceptors (Lipinski definition) is 7. The van der Waals surface area contributed by atoms with Crippen LogP contribution in [0.25, 0.3) is 21.9 Å². The van der Waals surface area contributed by atoms with Crippen LogP contribution in [-0.4, -0.2) is 40.5 Å². The molecule has 1 amide bonds. The van der Waals surface area contributed by atoms with E-state index in [-0.39, 0.29) is 5.91 Å². The number of aromatic nitrogens is 7. The number of nitrogens with zero attached hydrogens (tertiary/aromatic N) is 7. The van der Waals surface area contributed by atoms with Gasteiger partial charge in [-0.15, -0.1) is 16.4 Å². The summed E-state index contributed by atoms with van der Waals surface area (Å²) >= 11 is 1.69. The summed E-state index contributed by atoms with van der Waals surface area (Å²) in [6.45, 7) is 4.40. The highest BCUT2D eigenvalue weighted by Crippen LogP contribution is 2.39. The van der Waals surface area contributed by atoms with Crippen molar-refractivity contribution in [2.24, 2.45) is 0 Å². The summed E-state index contributed by atoms with van der Waals surface area (Å²) in [7, 11) is 0. The van der Waals surface area contributed by atoms with E-state index in [4.69, 9.17) is 4.98 Å². The fourth-order valence-corrected chi connectivity index (χ4v) is 4.83. The monoisotopic (exact) mass is 470 g/mol. The molecule has 0 aliphatic heterocycles. The first-order valence-electron chi connectivity index (χ1n) is 11.1. The fourth-order valence-electron chi connectivity index (χ4n) is 3.95. The maximum absolute atomic E-state index is 13.2. The van der Waals surface area contributed by atoms with Gasteiger partial charge in [-0.1, -0.05) is 6.07 Å². The maximum atomic E-state index is 13.2. The number of rotatable bonds is 6. The summed E-state index contributed by atoms with van der Waals surface area (Å²) in [5.74, 6) is 0.962. The van der Waals surface area contributed by atoms with E-state index >= 15 is 0 Å². The molecule has 0 saturated heterocycles. The van der Waals surface area contributed by atoms with Crippen molar-refractivity contribution in [1.29, 1.82) is 0 Å². The molecule has 0 aromatic carbocycles. The van der Waals surface area contributed by atoms with Crippen LogP contribution in [0.1, 0.15) is 51.1 Å². The lowest BCUT2D eigenvalue weighted by Gasteiger charge is -2.11. The Bertz CT molecular complexity index is 1510. The summed E-state index contributed by atoms with van der Waals surface area (Å²) in [5, 5.41) is 15.4. The van der Waals surface area contributed by atoms with E-state index in [1.807, 2.05) is 41.9 Å². The summed E-state index contributed by atoms with van der Waals surface area (Å²) in [4.78, 5) is 24.5. The molecular weight excluding hydrogens is 448 g/mol. The first kappa shape index (κ1) is 20.7. The van der Waals surface area contributed by atoms with Crippen molar-refractivity contribution < 1.29 is 4.79 Å². The standard InChI is InChI=1S/C24H22N8OS/c1-14-3-5-16(10-25-14)11-27-24(33)18-9-19(32-22(17-6-7-17)28-29-30-32)23-26-12-20(31(23)13-18)21-8-4-15(2)34-21/h3-5,8-10,12-13,17H,6-7,11H2,1-2H3,(H,27,33). The number of hydrogen-bond donors (Lipinski definition) is 1. The quantitative estimate of drug-likeness (QED) is 0.404. The predicted octanol–water partition coefficient (Wildman–Crippen LogP) is 3.86. The number of amides is 1. The van der Waals surface area contributed by atoms with Crippen LogP contribution in [0.15, 0.2) is 48.9 Å². The molecule has 0 atom stereocenters. The Morgan fingerprint density at radius 2 is 2.03 bits per heavy atom. The highest BCUT2D eigenvalue weighted by molar-refractivity contribution is 7.15. The zero-order valence-electron chi connectivity index (χ0n) is 18.8. The van der Waals surface area contributed by atoms with Crippen LogP contribution in [0.4, 0.5) is 0 Å². The molecule has 9 nitrogen and oxygen atoms in total. The average molecular weight is 471 g/mol. The Morgan fingerprint density at radius 3 is 2.76 bits per heavy atom. The SMILES string of the molecule is Cc1ccc(CNC(=O)c2cc(-n3nnnc3C3CC3)c3ncc(-c4ccc(C)s4)n3c2)cn1. The molecule has 5 aromatic heterocycles. The van der Waals surface area contributed by atoms with Gasteiger partial charge < -0.3 is 5.32 Å². The Kier molecular flexibility index (Phi) is 4.95. The van der Waals surface area contributed by atoms with Gasteiger partial charge in [0.25, 0.3) is 5.91 Å². The van der Waals surface area contributed by atoms with Crippen LogP contribution in [0.3, 0.4) is 0 Å². The molecule has 5 aromatic rings. The van der Waals surface area contributed by atoms with Gasteiger partial charge in [0, 0.05) is 35.4 Å². The van der Waals surface area contributed by atoms with Gasteiger partial charge in [-0.3, -0.25) is 14.2 Å². The van der Waals surface area contributed by atoms with E-state index < -0.39 is 0 Å². The average Bonchev–Trinajstić information content (AvgIpc) is 3.21. The molecule has 0 spiro atoms. The minimum Gasteiger partial charge on any atom is -0.348 e. The van der Waals surface area contributed by atoms with E-state index in [2.05, 4.69) is 44.9 Å². The second-order valence-electron chi connectivity index (χ2n) is 8.58. The zero-order valence-corrected chi connectivity index (χ0v) is 19.6. The molecule has 170 valence electrons. The van der Waals surface area contributed by atoms with Crippen molar-refractivity contribution in [3.05, 3.63) is 76.4 Å². The number of imidazole rings is 1. The fraction of sp³-hybridized carbons (Fsp3) is 0.250. The highest BCUT2D eigenvalue weighted by Gasteiger charge is 2.31. The lowest BCUT2D eigenvalue weighted by atomic mass is 10.2. The highest BCUT2D eigenvalue weighted by atomic mass is 32.1. The van der Waals surface area contributed by atoms with Gasteiger partial charge in [0.05, 0.1) is 22.3 Å². The molecule has 1 aliphatic rings. The van der Waals surface area contributed by atoms with E-state index in [1.165, 1.54) is 4.88 Å². The number of carbonyl (C=O) groups is 1. The van der Waals surface area contributed by atoms with Gasteiger partial charge in [-0.2, -0.15) is 4.68 Å². The number of aryl methyl sites for hydroxylation is 2. The molecule has 1 N–H and O–H groups in total. The second kappa shape index (κ2) is 8.14.